The second-order valence-corrected chi connectivity index (χ2v) is 14.2. The zero-order chi connectivity index (χ0) is 32.0. The Morgan fingerprint density at radius 1 is 1.14 bits per heavy atom. The van der Waals surface area contributed by atoms with Gasteiger partial charge in [-0.1, -0.05) is 20.8 Å². The molecule has 0 aromatic carbocycles. The van der Waals surface area contributed by atoms with Gasteiger partial charge in [-0.15, -0.1) is 0 Å². The van der Waals surface area contributed by atoms with E-state index in [0.717, 1.165) is 4.90 Å². The molecular formula is C25H34F6N4O6S. The zero-order valence-corrected chi connectivity index (χ0v) is 24.2. The molecule has 3 N–H and O–H groups in total. The number of alkyl halides is 5. The van der Waals surface area contributed by atoms with Crippen molar-refractivity contribution in [1.29, 1.82) is 0 Å². The summed E-state index contributed by atoms with van der Waals surface area (Å²) in [5.41, 5.74) is -1.31. The molecule has 0 aromatic heterocycles. The monoisotopic (exact) mass is 632 g/mol. The fourth-order valence-electron chi connectivity index (χ4n) is 5.78. The third-order valence-corrected chi connectivity index (χ3v) is 8.63. The number of halogens is 6. The summed E-state index contributed by atoms with van der Waals surface area (Å²) >= 11 is 0. The van der Waals surface area contributed by atoms with Crippen LogP contribution in [0.15, 0.2) is 11.2 Å². The average molecular weight is 633 g/mol. The Labute approximate surface area is 238 Å². The number of amides is 4. The van der Waals surface area contributed by atoms with Crippen LogP contribution < -0.4 is 16.0 Å². The first kappa shape index (κ1) is 33.6. The van der Waals surface area contributed by atoms with Crippen molar-refractivity contribution in [2.24, 2.45) is 23.2 Å². The van der Waals surface area contributed by atoms with Crippen LogP contribution in [0.25, 0.3) is 0 Å². The minimum atomic E-state index is -5.33. The first-order valence-corrected chi connectivity index (χ1v) is 15.1. The molecule has 2 heterocycles. The van der Waals surface area contributed by atoms with Gasteiger partial charge in [-0.2, -0.15) is 17.6 Å². The molecule has 0 bridgehead atoms. The fraction of sp³-hybridized carbons (Fsp3) is 0.760. The molecule has 6 atom stereocenters. The van der Waals surface area contributed by atoms with Gasteiger partial charge < -0.3 is 20.9 Å². The maximum Gasteiger partial charge on any atom is 0.471 e. The first-order valence-electron chi connectivity index (χ1n) is 13.2. The van der Waals surface area contributed by atoms with E-state index < -0.39 is 111 Å². The van der Waals surface area contributed by atoms with E-state index in [0.29, 0.717) is 12.3 Å². The maximum atomic E-state index is 14.5. The van der Waals surface area contributed by atoms with Crippen LogP contribution in [-0.2, 0) is 29.0 Å². The van der Waals surface area contributed by atoms with E-state index in [1.54, 1.807) is 5.32 Å². The molecule has 1 aliphatic carbocycles. The molecular weight excluding hydrogens is 598 g/mol. The molecule has 0 radical (unpaired) electrons. The van der Waals surface area contributed by atoms with Gasteiger partial charge in [0.05, 0.1) is 6.04 Å². The SMILES string of the molecule is CC(C)(C)[C@@H](NC(=O)C(F)(F)F)C(=O)N1C[C@H]2CC(F)(F)C[C@H]2[C@@H]1C(=O)N[C@H](/C=C(\F)S(C)(=O)=O)C[C@H]1CCNC1=O. The summed E-state index contributed by atoms with van der Waals surface area (Å²) in [7, 11) is -4.36. The average Bonchev–Trinajstić information content (AvgIpc) is 3.45. The zero-order valence-electron chi connectivity index (χ0n) is 23.4. The lowest BCUT2D eigenvalue weighted by atomic mass is 9.85. The number of likely N-dealkylation sites (tertiary alicyclic amines) is 1. The van der Waals surface area contributed by atoms with Crippen LogP contribution in [0.1, 0.15) is 46.5 Å². The number of fused-ring (bicyclic) bond motifs is 1. The summed E-state index contributed by atoms with van der Waals surface area (Å²) in [6.07, 6.45) is -5.67. The second kappa shape index (κ2) is 11.7. The maximum absolute atomic E-state index is 14.5. The van der Waals surface area contributed by atoms with Gasteiger partial charge in [0.15, 0.2) is 0 Å². The van der Waals surface area contributed by atoms with Gasteiger partial charge in [-0.25, -0.2) is 17.2 Å². The molecule has 2 aliphatic heterocycles. The topological polar surface area (TPSA) is 142 Å². The lowest BCUT2D eigenvalue weighted by molar-refractivity contribution is -0.176. The van der Waals surface area contributed by atoms with Crippen LogP contribution in [0.4, 0.5) is 26.3 Å². The van der Waals surface area contributed by atoms with Crippen molar-refractivity contribution in [2.75, 3.05) is 19.3 Å². The molecule has 10 nitrogen and oxygen atoms in total. The summed E-state index contributed by atoms with van der Waals surface area (Å²) in [6, 6.07) is -4.87. The Kier molecular flexibility index (Phi) is 9.36. The van der Waals surface area contributed by atoms with Gasteiger partial charge in [0.1, 0.15) is 12.1 Å². The lowest BCUT2D eigenvalue weighted by Gasteiger charge is -2.37. The fourth-order valence-corrected chi connectivity index (χ4v) is 6.19. The van der Waals surface area contributed by atoms with Crippen LogP contribution in [0.5, 0.6) is 0 Å². The number of carbonyl (C=O) groups excluding carboxylic acids is 4. The van der Waals surface area contributed by atoms with E-state index >= 15 is 0 Å². The van der Waals surface area contributed by atoms with Gasteiger partial charge in [0.2, 0.25) is 38.6 Å². The Morgan fingerprint density at radius 3 is 2.26 bits per heavy atom. The van der Waals surface area contributed by atoms with E-state index in [2.05, 4.69) is 10.6 Å². The van der Waals surface area contributed by atoms with Crippen LogP contribution in [0, 0.1) is 23.2 Å². The van der Waals surface area contributed by atoms with Crippen LogP contribution in [-0.4, -0.2) is 86.5 Å². The highest BCUT2D eigenvalue weighted by molar-refractivity contribution is 7.94. The summed E-state index contributed by atoms with van der Waals surface area (Å²) in [5.74, 6) is -11.0. The van der Waals surface area contributed by atoms with Crippen molar-refractivity contribution in [3.8, 4) is 0 Å². The van der Waals surface area contributed by atoms with Crippen LogP contribution in [0.2, 0.25) is 0 Å². The lowest BCUT2D eigenvalue weighted by Crippen LogP contribution is -2.60. The van der Waals surface area contributed by atoms with Crippen molar-refractivity contribution in [3.05, 3.63) is 11.2 Å². The third-order valence-electron chi connectivity index (χ3n) is 7.79. The molecule has 3 fully saturated rings. The molecule has 17 heteroatoms. The summed E-state index contributed by atoms with van der Waals surface area (Å²) in [4.78, 5) is 52.0. The number of nitrogens with zero attached hydrogens (tertiary/aromatic N) is 1. The van der Waals surface area contributed by atoms with E-state index in [1.807, 2.05) is 0 Å². The van der Waals surface area contributed by atoms with Crippen molar-refractivity contribution in [1.82, 2.24) is 20.9 Å². The molecule has 238 valence electrons. The standard InChI is InChI=1S/C25H34F6N4O6S/c1-23(2,3)18(34-22(39)25(29,30)31)21(38)35-11-13-9-24(27,28)10-15(13)17(35)20(37)33-14(8-16(26)42(4,40)41)7-12-5-6-32-19(12)36/h8,12-15,17-18H,5-7,9-11H2,1-4H3,(H,32,36)(H,33,37)(H,34,39)/b16-8+/t12-,13-,14+,15-,17-,18+/m1/s1. The minimum Gasteiger partial charge on any atom is -0.356 e. The van der Waals surface area contributed by atoms with Gasteiger partial charge >= 0.3 is 12.1 Å². The van der Waals surface area contributed by atoms with Crippen molar-refractivity contribution >= 4 is 33.5 Å². The molecule has 4 amide bonds. The number of nitrogens with one attached hydrogen (secondary N) is 3. The quantitative estimate of drug-likeness (QED) is 0.349. The van der Waals surface area contributed by atoms with Gasteiger partial charge in [0, 0.05) is 38.1 Å². The highest BCUT2D eigenvalue weighted by Gasteiger charge is 2.59. The largest absolute Gasteiger partial charge is 0.471 e. The molecule has 3 aliphatic rings. The van der Waals surface area contributed by atoms with Crippen molar-refractivity contribution < 1.29 is 53.9 Å². The smallest absolute Gasteiger partial charge is 0.356 e. The van der Waals surface area contributed by atoms with E-state index in [1.165, 1.54) is 20.8 Å². The Morgan fingerprint density at radius 2 is 1.76 bits per heavy atom. The third kappa shape index (κ3) is 7.75. The molecule has 0 aromatic rings. The molecule has 0 unspecified atom stereocenters. The normalized spacial score (nSPS) is 27.7. The second-order valence-electron chi connectivity index (χ2n) is 12.3. The highest BCUT2D eigenvalue weighted by Crippen LogP contribution is 2.50. The molecule has 42 heavy (non-hydrogen) atoms. The summed E-state index contributed by atoms with van der Waals surface area (Å²) in [5, 5.41) is 4.95. The minimum absolute atomic E-state index is 0.252. The molecule has 2 saturated heterocycles. The summed E-state index contributed by atoms with van der Waals surface area (Å²) in [6.45, 7) is 3.97. The van der Waals surface area contributed by atoms with Crippen molar-refractivity contribution in [3.63, 3.8) is 0 Å². The van der Waals surface area contributed by atoms with Crippen molar-refractivity contribution in [2.45, 2.75) is 76.7 Å². The number of hydrogen-bond acceptors (Lipinski definition) is 6. The number of rotatable bonds is 8. The summed E-state index contributed by atoms with van der Waals surface area (Å²) < 4.78 is 106. The number of hydrogen-bond donors (Lipinski definition) is 3. The first-order chi connectivity index (χ1) is 19.0. The predicted molar refractivity (Wildman–Crippen MR) is 136 cm³/mol. The Hall–Kier alpha value is -2.85. The number of sulfone groups is 1. The predicted octanol–water partition coefficient (Wildman–Crippen LogP) is 1.82. The Balaban J connectivity index is 1.97. The van der Waals surface area contributed by atoms with Crippen LogP contribution >= 0.6 is 0 Å². The number of carbonyl (C=O) groups is 4. The highest BCUT2D eigenvalue weighted by atomic mass is 32.2. The van der Waals surface area contributed by atoms with Gasteiger partial charge in [0.25, 0.3) is 0 Å². The van der Waals surface area contributed by atoms with E-state index in [-0.39, 0.29) is 19.4 Å². The van der Waals surface area contributed by atoms with Gasteiger partial charge in [-0.3, -0.25) is 19.2 Å². The molecule has 0 spiro atoms. The Bertz CT molecular complexity index is 1250. The van der Waals surface area contributed by atoms with E-state index in [4.69, 9.17) is 0 Å². The van der Waals surface area contributed by atoms with Gasteiger partial charge in [-0.05, 0) is 36.2 Å². The molecule has 1 saturated carbocycles. The molecule has 3 rings (SSSR count). The van der Waals surface area contributed by atoms with E-state index in [9.17, 15) is 53.9 Å². The van der Waals surface area contributed by atoms with Crippen LogP contribution in [0.3, 0.4) is 0 Å².